The average molecular weight is 805 g/mol. The zero-order chi connectivity index (χ0) is 41.6. The molecule has 0 amide bonds. The van der Waals surface area contributed by atoms with Crippen LogP contribution in [0.25, 0.3) is 44.2 Å². The lowest BCUT2D eigenvalue weighted by Gasteiger charge is -2.47. The molecule has 0 radical (unpaired) electrons. The van der Waals surface area contributed by atoms with E-state index in [1.807, 2.05) is 12.1 Å². The van der Waals surface area contributed by atoms with Crippen LogP contribution in [-0.2, 0) is 5.41 Å². The molecule has 2 saturated carbocycles. The Hall–Kier alpha value is -6.84. The van der Waals surface area contributed by atoms with Crippen molar-refractivity contribution in [3.05, 3.63) is 206 Å². The van der Waals surface area contributed by atoms with Crippen molar-refractivity contribution in [1.82, 2.24) is 0 Å². The van der Waals surface area contributed by atoms with Gasteiger partial charge in [-0.05, 0) is 168 Å². The number of para-hydroxylation sites is 3. The molecular formula is C59H52N2O. The van der Waals surface area contributed by atoms with E-state index >= 15 is 0 Å². The van der Waals surface area contributed by atoms with Crippen LogP contribution < -0.4 is 9.80 Å². The Morgan fingerprint density at radius 2 is 0.806 bits per heavy atom. The highest BCUT2D eigenvalue weighted by Crippen LogP contribution is 2.51. The third-order valence-electron chi connectivity index (χ3n) is 13.9. The molecule has 2 fully saturated rings. The summed E-state index contributed by atoms with van der Waals surface area (Å²) in [7, 11) is 0. The fourth-order valence-corrected chi connectivity index (χ4v) is 11.2. The van der Waals surface area contributed by atoms with Crippen molar-refractivity contribution in [1.29, 1.82) is 0 Å². The van der Waals surface area contributed by atoms with Crippen molar-refractivity contribution in [3.63, 3.8) is 0 Å². The predicted octanol–water partition coefficient (Wildman–Crippen LogP) is 17.0. The van der Waals surface area contributed by atoms with Gasteiger partial charge in [-0.1, -0.05) is 129 Å². The van der Waals surface area contributed by atoms with Crippen LogP contribution in [0.4, 0.5) is 34.1 Å². The summed E-state index contributed by atoms with van der Waals surface area (Å²) in [5.41, 5.74) is 15.1. The molecule has 0 aliphatic heterocycles. The highest BCUT2D eigenvalue weighted by atomic mass is 16.3. The molecule has 1 aromatic heterocycles. The second-order valence-electron chi connectivity index (χ2n) is 18.4. The number of anilines is 6. The van der Waals surface area contributed by atoms with E-state index in [4.69, 9.17) is 4.42 Å². The van der Waals surface area contributed by atoms with Gasteiger partial charge in [0.1, 0.15) is 11.2 Å². The first-order valence-corrected chi connectivity index (χ1v) is 22.5. The second-order valence-corrected chi connectivity index (χ2v) is 18.4. The summed E-state index contributed by atoms with van der Waals surface area (Å²) in [4.78, 5) is 4.66. The van der Waals surface area contributed by atoms with Gasteiger partial charge >= 0.3 is 0 Å². The quantitative estimate of drug-likeness (QED) is 0.145. The number of benzene rings is 8. The lowest BCUT2D eigenvalue weighted by Crippen LogP contribution is -2.38. The third kappa shape index (κ3) is 7.26. The Balaban J connectivity index is 0.849. The fourth-order valence-electron chi connectivity index (χ4n) is 11.2. The molecular weight excluding hydrogens is 753 g/mol. The van der Waals surface area contributed by atoms with E-state index in [-0.39, 0.29) is 0 Å². The van der Waals surface area contributed by atoms with Crippen molar-refractivity contribution in [2.45, 2.75) is 51.4 Å². The van der Waals surface area contributed by atoms with Crippen LogP contribution in [0.3, 0.4) is 0 Å². The monoisotopic (exact) mass is 804 g/mol. The van der Waals surface area contributed by atoms with Crippen LogP contribution in [-0.4, -0.2) is 0 Å². The summed E-state index contributed by atoms with van der Waals surface area (Å²) in [6, 6.07) is 72.5. The van der Waals surface area contributed by atoms with Gasteiger partial charge in [-0.25, -0.2) is 0 Å². The molecule has 2 bridgehead atoms. The molecule has 9 aromatic rings. The lowest BCUT2D eigenvalue weighted by atomic mass is 9.57. The van der Waals surface area contributed by atoms with Crippen LogP contribution in [0.1, 0.15) is 51.5 Å². The van der Waals surface area contributed by atoms with E-state index in [9.17, 15) is 0 Å². The molecule has 8 aromatic carbocycles. The third-order valence-corrected chi connectivity index (χ3v) is 13.9. The molecule has 2 atom stereocenters. The van der Waals surface area contributed by atoms with Gasteiger partial charge < -0.3 is 14.2 Å². The highest BCUT2D eigenvalue weighted by molar-refractivity contribution is 6.06. The Morgan fingerprint density at radius 1 is 0.403 bits per heavy atom. The number of hydrogen-bond donors (Lipinski definition) is 0. The van der Waals surface area contributed by atoms with E-state index in [2.05, 4.69) is 212 Å². The van der Waals surface area contributed by atoms with Crippen molar-refractivity contribution >= 4 is 56.1 Å². The Morgan fingerprint density at radius 3 is 1.32 bits per heavy atom. The standard InChI is InChI=1S/C59H52N2O/c1-41-35-42-37-43(36-41)40-59(2,39-42)48-25-17-44(18-26-48)45-19-27-51(28-20-45)60(49-11-5-3-6-12-49)52-29-21-46(22-30-52)47-23-31-53(32-24-47)61(50-13-7-4-8-14-50)54-33-34-58-56(38-54)55-15-9-10-16-57(55)62-58/h3-34,38,41-43H,35-37,39-40H2,1-2H3. The molecule has 304 valence electrons. The number of furan rings is 1. The minimum atomic E-state index is 0.294. The summed E-state index contributed by atoms with van der Waals surface area (Å²) in [6.45, 7) is 4.99. The van der Waals surface area contributed by atoms with E-state index in [1.54, 1.807) is 0 Å². The molecule has 1 heterocycles. The van der Waals surface area contributed by atoms with Gasteiger partial charge in [0, 0.05) is 44.9 Å². The molecule has 11 rings (SSSR count). The molecule has 2 aliphatic rings. The zero-order valence-corrected chi connectivity index (χ0v) is 35.6. The number of rotatable bonds is 9. The Bertz CT molecular complexity index is 2930. The summed E-state index contributed by atoms with van der Waals surface area (Å²) in [5, 5.41) is 2.24. The fraction of sp³-hybridized carbons (Fsp3) is 0.186. The van der Waals surface area contributed by atoms with Crippen LogP contribution in [0, 0.1) is 17.8 Å². The topological polar surface area (TPSA) is 19.6 Å². The van der Waals surface area contributed by atoms with Crippen molar-refractivity contribution in [3.8, 4) is 22.3 Å². The predicted molar refractivity (Wildman–Crippen MR) is 261 cm³/mol. The number of hydrogen-bond acceptors (Lipinski definition) is 3. The maximum absolute atomic E-state index is 6.17. The van der Waals surface area contributed by atoms with Gasteiger partial charge in [-0.2, -0.15) is 0 Å². The largest absolute Gasteiger partial charge is 0.456 e. The van der Waals surface area contributed by atoms with Crippen LogP contribution in [0.15, 0.2) is 205 Å². The van der Waals surface area contributed by atoms with Gasteiger partial charge in [-0.15, -0.1) is 0 Å². The van der Waals surface area contributed by atoms with Crippen LogP contribution in [0.2, 0.25) is 0 Å². The minimum absolute atomic E-state index is 0.294. The number of nitrogens with zero attached hydrogens (tertiary/aromatic N) is 2. The van der Waals surface area contributed by atoms with E-state index in [0.29, 0.717) is 5.41 Å². The van der Waals surface area contributed by atoms with E-state index < -0.39 is 0 Å². The van der Waals surface area contributed by atoms with Crippen molar-refractivity contribution < 1.29 is 4.42 Å². The molecule has 62 heavy (non-hydrogen) atoms. The van der Waals surface area contributed by atoms with E-state index in [0.717, 1.165) is 73.8 Å². The first kappa shape index (κ1) is 38.1. The lowest BCUT2D eigenvalue weighted by molar-refractivity contribution is 0.0899. The summed E-state index contributed by atoms with van der Waals surface area (Å²) in [6.07, 6.45) is 6.94. The molecule has 2 unspecified atom stereocenters. The molecule has 2 aliphatic carbocycles. The van der Waals surface area contributed by atoms with Gasteiger partial charge in [-0.3, -0.25) is 0 Å². The van der Waals surface area contributed by atoms with Crippen molar-refractivity contribution in [2.75, 3.05) is 9.80 Å². The summed E-state index contributed by atoms with van der Waals surface area (Å²) >= 11 is 0. The maximum atomic E-state index is 6.17. The number of fused-ring (bicyclic) bond motifs is 5. The highest BCUT2D eigenvalue weighted by Gasteiger charge is 2.41. The van der Waals surface area contributed by atoms with Gasteiger partial charge in [0.25, 0.3) is 0 Å². The molecule has 0 spiro atoms. The van der Waals surface area contributed by atoms with Gasteiger partial charge in [0.05, 0.1) is 0 Å². The van der Waals surface area contributed by atoms with Crippen molar-refractivity contribution in [2.24, 2.45) is 17.8 Å². The first-order chi connectivity index (χ1) is 30.4. The Labute approximate surface area is 365 Å². The van der Waals surface area contributed by atoms with Gasteiger partial charge in [0.2, 0.25) is 0 Å². The Kier molecular flexibility index (Phi) is 9.76. The molecule has 3 nitrogen and oxygen atoms in total. The first-order valence-electron chi connectivity index (χ1n) is 22.5. The zero-order valence-electron chi connectivity index (χ0n) is 35.6. The normalized spacial score (nSPS) is 19.7. The maximum Gasteiger partial charge on any atom is 0.135 e. The van der Waals surface area contributed by atoms with Crippen LogP contribution >= 0.6 is 0 Å². The summed E-state index contributed by atoms with van der Waals surface area (Å²) in [5.74, 6) is 2.67. The van der Waals surface area contributed by atoms with Crippen LogP contribution in [0.5, 0.6) is 0 Å². The molecule has 0 saturated heterocycles. The second kappa shape index (κ2) is 15.9. The molecule has 3 heteroatoms. The van der Waals surface area contributed by atoms with E-state index in [1.165, 1.54) is 59.9 Å². The SMILES string of the molecule is CC1CC2CC(C1)CC(C)(c1ccc(-c3ccc(N(c4ccccc4)c4ccc(-c5ccc(N(c6ccccc6)c6ccc7oc8ccccc8c7c6)cc5)cc4)cc3)cc1)C2. The minimum Gasteiger partial charge on any atom is -0.456 e. The smallest absolute Gasteiger partial charge is 0.135 e. The van der Waals surface area contributed by atoms with Gasteiger partial charge in [0.15, 0.2) is 0 Å². The molecule has 0 N–H and O–H groups in total. The average Bonchev–Trinajstić information content (AvgIpc) is 3.68. The summed E-state index contributed by atoms with van der Waals surface area (Å²) < 4.78 is 6.17.